The number of rotatable bonds is 4. The summed E-state index contributed by atoms with van der Waals surface area (Å²) in [7, 11) is 0. The highest BCUT2D eigenvalue weighted by Gasteiger charge is 2.42. The number of piperidine rings is 1. The molecule has 0 radical (unpaired) electrons. The Hall–Kier alpha value is -2.96. The monoisotopic (exact) mass is 327 g/mol. The number of hydrogen-bond donors (Lipinski definition) is 2. The number of benzene rings is 1. The van der Waals surface area contributed by atoms with Gasteiger partial charge in [0.15, 0.2) is 0 Å². The molecule has 1 aromatic carbocycles. The summed E-state index contributed by atoms with van der Waals surface area (Å²) >= 11 is 0. The molecule has 2 aliphatic heterocycles. The summed E-state index contributed by atoms with van der Waals surface area (Å²) < 4.78 is 0. The number of imide groups is 2. The Morgan fingerprint density at radius 3 is 2.75 bits per heavy atom. The number of amides is 4. The minimum atomic E-state index is -0.944. The molecular formula is C17H17N3O4. The van der Waals surface area contributed by atoms with Crippen LogP contribution < -0.4 is 10.6 Å². The second-order valence-corrected chi connectivity index (χ2v) is 5.72. The molecule has 3 rings (SSSR count). The molecule has 0 spiro atoms. The molecule has 1 unspecified atom stereocenters. The van der Waals surface area contributed by atoms with Gasteiger partial charge in [0.2, 0.25) is 11.8 Å². The lowest BCUT2D eigenvalue weighted by Crippen LogP contribution is -2.54. The maximum atomic E-state index is 12.5. The molecule has 0 aliphatic carbocycles. The molecule has 1 fully saturated rings. The summed E-state index contributed by atoms with van der Waals surface area (Å²) in [5.41, 5.74) is 1.92. The van der Waals surface area contributed by atoms with Crippen LogP contribution in [0.3, 0.4) is 0 Å². The first-order valence-corrected chi connectivity index (χ1v) is 7.78. The largest absolute Gasteiger partial charge is 0.351 e. The van der Waals surface area contributed by atoms with Gasteiger partial charge in [-0.3, -0.25) is 29.4 Å². The average molecular weight is 327 g/mol. The number of nitrogens with zero attached hydrogens (tertiary/aromatic N) is 1. The third kappa shape index (κ3) is 2.92. The van der Waals surface area contributed by atoms with E-state index in [-0.39, 0.29) is 18.5 Å². The van der Waals surface area contributed by atoms with Crippen molar-refractivity contribution in [2.75, 3.05) is 5.32 Å². The van der Waals surface area contributed by atoms with Gasteiger partial charge in [-0.1, -0.05) is 19.1 Å². The van der Waals surface area contributed by atoms with Crippen molar-refractivity contribution in [2.24, 2.45) is 0 Å². The van der Waals surface area contributed by atoms with Crippen LogP contribution in [-0.2, 0) is 25.6 Å². The smallest absolute Gasteiger partial charge is 0.278 e. The van der Waals surface area contributed by atoms with Crippen LogP contribution in [-0.4, -0.2) is 34.6 Å². The van der Waals surface area contributed by atoms with E-state index in [9.17, 15) is 19.2 Å². The Balaban J connectivity index is 1.76. The van der Waals surface area contributed by atoms with Crippen LogP contribution in [0.5, 0.6) is 0 Å². The molecule has 1 atom stereocenters. The highest BCUT2D eigenvalue weighted by Crippen LogP contribution is 2.23. The molecule has 24 heavy (non-hydrogen) atoms. The normalized spacial score (nSPS) is 21.0. The molecule has 7 nitrogen and oxygen atoms in total. The fourth-order valence-corrected chi connectivity index (χ4v) is 2.82. The maximum absolute atomic E-state index is 12.5. The SMILES string of the molecule is CCc1cccc(NC2=CC(=O)N(C3CCC(=O)NC3=O)C2=O)c1. The lowest BCUT2D eigenvalue weighted by atomic mass is 10.0. The molecule has 0 aromatic heterocycles. The van der Waals surface area contributed by atoms with Gasteiger partial charge in [0.05, 0.1) is 0 Å². The minimum absolute atomic E-state index is 0.106. The minimum Gasteiger partial charge on any atom is -0.351 e. The van der Waals surface area contributed by atoms with Gasteiger partial charge >= 0.3 is 0 Å². The Kier molecular flexibility index (Phi) is 4.16. The van der Waals surface area contributed by atoms with E-state index in [1.54, 1.807) is 6.07 Å². The third-order valence-corrected chi connectivity index (χ3v) is 4.09. The average Bonchev–Trinajstić information content (AvgIpc) is 2.82. The Labute approximate surface area is 138 Å². The van der Waals surface area contributed by atoms with Crippen LogP contribution in [0, 0.1) is 0 Å². The molecule has 0 bridgehead atoms. The van der Waals surface area contributed by atoms with Gasteiger partial charge < -0.3 is 5.32 Å². The van der Waals surface area contributed by atoms with E-state index >= 15 is 0 Å². The van der Waals surface area contributed by atoms with E-state index in [4.69, 9.17) is 0 Å². The number of aryl methyl sites for hydroxylation is 1. The predicted octanol–water partition coefficient (Wildman–Crippen LogP) is 0.719. The fourth-order valence-electron chi connectivity index (χ4n) is 2.82. The van der Waals surface area contributed by atoms with Gasteiger partial charge in [-0.2, -0.15) is 0 Å². The van der Waals surface area contributed by atoms with E-state index < -0.39 is 29.7 Å². The lowest BCUT2D eigenvalue weighted by Gasteiger charge is -2.28. The summed E-state index contributed by atoms with van der Waals surface area (Å²) in [5.74, 6) is -2.12. The van der Waals surface area contributed by atoms with E-state index in [2.05, 4.69) is 10.6 Å². The van der Waals surface area contributed by atoms with Crippen molar-refractivity contribution in [2.45, 2.75) is 32.2 Å². The Morgan fingerprint density at radius 1 is 1.25 bits per heavy atom. The van der Waals surface area contributed by atoms with Crippen LogP contribution in [0.1, 0.15) is 25.3 Å². The van der Waals surface area contributed by atoms with Crippen molar-refractivity contribution >= 4 is 29.3 Å². The first kappa shape index (κ1) is 15.9. The summed E-state index contributed by atoms with van der Waals surface area (Å²) in [6, 6.07) is 6.58. The van der Waals surface area contributed by atoms with Crippen molar-refractivity contribution in [3.05, 3.63) is 41.6 Å². The standard InChI is InChI=1S/C17H17N3O4/c1-2-10-4-3-5-11(8-10)18-12-9-15(22)20(17(12)24)13-6-7-14(21)19-16(13)23/h3-5,8-9,13,18H,2,6-7H2,1H3,(H,19,21,23). The van der Waals surface area contributed by atoms with Gasteiger partial charge in [0, 0.05) is 18.2 Å². The number of carbonyl (C=O) groups excluding carboxylic acids is 4. The summed E-state index contributed by atoms with van der Waals surface area (Å²) in [6.45, 7) is 2.02. The second-order valence-electron chi connectivity index (χ2n) is 5.72. The maximum Gasteiger partial charge on any atom is 0.278 e. The summed E-state index contributed by atoms with van der Waals surface area (Å²) in [5, 5.41) is 5.10. The quantitative estimate of drug-likeness (QED) is 0.795. The zero-order valence-corrected chi connectivity index (χ0v) is 13.2. The molecule has 2 N–H and O–H groups in total. The zero-order chi connectivity index (χ0) is 17.3. The number of anilines is 1. The van der Waals surface area contributed by atoms with Crippen LogP contribution in [0.4, 0.5) is 5.69 Å². The zero-order valence-electron chi connectivity index (χ0n) is 13.2. The van der Waals surface area contributed by atoms with Crippen molar-refractivity contribution in [1.82, 2.24) is 10.2 Å². The highest BCUT2D eigenvalue weighted by molar-refractivity contribution is 6.20. The molecule has 2 aliphatic rings. The van der Waals surface area contributed by atoms with Crippen molar-refractivity contribution in [1.29, 1.82) is 0 Å². The van der Waals surface area contributed by atoms with Crippen LogP contribution in [0.2, 0.25) is 0 Å². The van der Waals surface area contributed by atoms with Crippen LogP contribution >= 0.6 is 0 Å². The number of carbonyl (C=O) groups is 4. The molecule has 0 saturated carbocycles. The molecule has 4 amide bonds. The molecule has 1 aromatic rings. The third-order valence-electron chi connectivity index (χ3n) is 4.09. The second kappa shape index (κ2) is 6.27. The van der Waals surface area contributed by atoms with E-state index in [1.807, 2.05) is 25.1 Å². The van der Waals surface area contributed by atoms with Crippen molar-refractivity contribution < 1.29 is 19.2 Å². The fraction of sp³-hybridized carbons (Fsp3) is 0.294. The highest BCUT2D eigenvalue weighted by atomic mass is 16.2. The molecule has 7 heteroatoms. The summed E-state index contributed by atoms with van der Waals surface area (Å²) in [6.07, 6.45) is 2.29. The first-order chi connectivity index (χ1) is 11.5. The molecular weight excluding hydrogens is 310 g/mol. The van der Waals surface area contributed by atoms with Gasteiger partial charge in [-0.25, -0.2) is 0 Å². The molecule has 1 saturated heterocycles. The predicted molar refractivity (Wildman–Crippen MR) is 85.6 cm³/mol. The molecule has 2 heterocycles. The first-order valence-electron chi connectivity index (χ1n) is 7.78. The topological polar surface area (TPSA) is 95.6 Å². The van der Waals surface area contributed by atoms with Gasteiger partial charge in [-0.15, -0.1) is 0 Å². The Bertz CT molecular complexity index is 769. The molecule has 124 valence electrons. The van der Waals surface area contributed by atoms with Crippen LogP contribution in [0.25, 0.3) is 0 Å². The number of nitrogens with one attached hydrogen (secondary N) is 2. The van der Waals surface area contributed by atoms with Crippen LogP contribution in [0.15, 0.2) is 36.0 Å². The summed E-state index contributed by atoms with van der Waals surface area (Å²) in [4.78, 5) is 48.7. The van der Waals surface area contributed by atoms with E-state index in [0.717, 1.165) is 16.9 Å². The number of hydrogen-bond acceptors (Lipinski definition) is 5. The van der Waals surface area contributed by atoms with Gasteiger partial charge in [0.1, 0.15) is 11.7 Å². The van der Waals surface area contributed by atoms with Crippen molar-refractivity contribution in [3.63, 3.8) is 0 Å². The van der Waals surface area contributed by atoms with Gasteiger partial charge in [-0.05, 0) is 30.5 Å². The van der Waals surface area contributed by atoms with Gasteiger partial charge in [0.25, 0.3) is 11.8 Å². The van der Waals surface area contributed by atoms with E-state index in [1.165, 1.54) is 6.08 Å². The van der Waals surface area contributed by atoms with E-state index in [0.29, 0.717) is 5.69 Å². The lowest BCUT2D eigenvalue weighted by molar-refractivity contribution is -0.149. The Morgan fingerprint density at radius 2 is 2.04 bits per heavy atom. The van der Waals surface area contributed by atoms with Crippen molar-refractivity contribution in [3.8, 4) is 0 Å².